The molecule has 4 rings (SSSR count). The number of amides is 1. The number of carbonyl (C=O) groups is 1. The minimum atomic E-state index is -0.734. The lowest BCUT2D eigenvalue weighted by Crippen LogP contribution is -2.48. The molecule has 1 N–H and O–H groups in total. The summed E-state index contributed by atoms with van der Waals surface area (Å²) in [5, 5.41) is 3.63. The van der Waals surface area contributed by atoms with Crippen molar-refractivity contribution in [1.29, 1.82) is 0 Å². The molecule has 0 bridgehead atoms. The molecule has 0 aliphatic carbocycles. The van der Waals surface area contributed by atoms with Gasteiger partial charge in [-0.1, -0.05) is 6.07 Å². The molecule has 162 valence electrons. The predicted octanol–water partition coefficient (Wildman–Crippen LogP) is 3.78. The first kappa shape index (κ1) is 21.3. The molecule has 6 nitrogen and oxygen atoms in total. The van der Waals surface area contributed by atoms with Crippen LogP contribution in [-0.2, 0) is 11.3 Å². The first-order chi connectivity index (χ1) is 15.0. The van der Waals surface area contributed by atoms with E-state index in [2.05, 4.69) is 10.4 Å². The Morgan fingerprint density at radius 2 is 1.87 bits per heavy atom. The minimum Gasteiger partial charge on any atom is -0.489 e. The van der Waals surface area contributed by atoms with E-state index in [0.29, 0.717) is 31.3 Å². The second kappa shape index (κ2) is 9.46. The summed E-state index contributed by atoms with van der Waals surface area (Å²) >= 11 is 1.13. The van der Waals surface area contributed by atoms with Crippen LogP contribution in [0, 0.1) is 17.5 Å². The third-order valence-electron chi connectivity index (χ3n) is 4.62. The van der Waals surface area contributed by atoms with Gasteiger partial charge in [-0.3, -0.25) is 10.2 Å². The second-order valence-corrected chi connectivity index (χ2v) is 7.57. The van der Waals surface area contributed by atoms with Crippen molar-refractivity contribution in [3.63, 3.8) is 0 Å². The summed E-state index contributed by atoms with van der Waals surface area (Å²) in [7, 11) is 0. The van der Waals surface area contributed by atoms with Crippen LogP contribution in [0.2, 0.25) is 0 Å². The quantitative estimate of drug-likeness (QED) is 0.621. The number of benzene rings is 2. The molecule has 0 spiro atoms. The number of morpholine rings is 1. The van der Waals surface area contributed by atoms with E-state index < -0.39 is 17.5 Å². The zero-order valence-electron chi connectivity index (χ0n) is 16.2. The lowest BCUT2D eigenvalue weighted by molar-refractivity contribution is 0.0125. The van der Waals surface area contributed by atoms with Crippen LogP contribution in [0.25, 0.3) is 10.6 Å². The maximum atomic E-state index is 14.6. The molecular formula is C21H18F3N3O3S. The summed E-state index contributed by atoms with van der Waals surface area (Å²) in [4.78, 5) is 16.6. The lowest BCUT2D eigenvalue weighted by atomic mass is 10.2. The van der Waals surface area contributed by atoms with Gasteiger partial charge in [0, 0.05) is 30.1 Å². The van der Waals surface area contributed by atoms with Crippen molar-refractivity contribution in [1.82, 2.24) is 15.4 Å². The summed E-state index contributed by atoms with van der Waals surface area (Å²) in [6, 6.07) is 7.55. The molecule has 1 aromatic heterocycles. The molecule has 1 amide bonds. The number of halogens is 3. The van der Waals surface area contributed by atoms with E-state index in [4.69, 9.17) is 9.47 Å². The van der Waals surface area contributed by atoms with E-state index in [0.717, 1.165) is 29.5 Å². The van der Waals surface area contributed by atoms with Crippen molar-refractivity contribution in [2.45, 2.75) is 6.61 Å². The average Bonchev–Trinajstić information content (AvgIpc) is 3.24. The maximum absolute atomic E-state index is 14.6. The third kappa shape index (κ3) is 5.04. The molecule has 1 fully saturated rings. The van der Waals surface area contributed by atoms with Gasteiger partial charge in [-0.2, -0.15) is 0 Å². The summed E-state index contributed by atoms with van der Waals surface area (Å²) in [6.07, 6.45) is 0. The van der Waals surface area contributed by atoms with E-state index in [9.17, 15) is 18.0 Å². The SMILES string of the molecule is O=C(NN1CCOCC1)c1csc(-c2ccc(OCc3c(F)cccc3F)cc2F)n1. The molecule has 0 saturated carbocycles. The number of ether oxygens (including phenoxy) is 2. The highest BCUT2D eigenvalue weighted by Crippen LogP contribution is 2.29. The highest BCUT2D eigenvalue weighted by molar-refractivity contribution is 7.13. The fraction of sp³-hybridized carbons (Fsp3) is 0.238. The Morgan fingerprint density at radius 3 is 2.58 bits per heavy atom. The lowest BCUT2D eigenvalue weighted by Gasteiger charge is -2.26. The van der Waals surface area contributed by atoms with Crippen molar-refractivity contribution < 1.29 is 27.4 Å². The van der Waals surface area contributed by atoms with Crippen LogP contribution in [0.1, 0.15) is 16.1 Å². The normalized spacial score (nSPS) is 14.4. The van der Waals surface area contributed by atoms with Crippen molar-refractivity contribution in [3.05, 3.63) is 70.5 Å². The van der Waals surface area contributed by atoms with E-state index >= 15 is 0 Å². The number of carbonyl (C=O) groups excluding carboxylic acids is 1. The summed E-state index contributed by atoms with van der Waals surface area (Å²) < 4.78 is 52.6. The number of hydrazine groups is 1. The highest BCUT2D eigenvalue weighted by Gasteiger charge is 2.18. The molecule has 3 aromatic rings. The smallest absolute Gasteiger partial charge is 0.285 e. The molecular weight excluding hydrogens is 431 g/mol. The van der Waals surface area contributed by atoms with Gasteiger partial charge in [-0.15, -0.1) is 11.3 Å². The van der Waals surface area contributed by atoms with Crippen LogP contribution >= 0.6 is 11.3 Å². The Morgan fingerprint density at radius 1 is 1.13 bits per heavy atom. The van der Waals surface area contributed by atoms with Gasteiger partial charge >= 0.3 is 0 Å². The Kier molecular flexibility index (Phi) is 6.50. The van der Waals surface area contributed by atoms with Crippen LogP contribution < -0.4 is 10.2 Å². The van der Waals surface area contributed by atoms with Gasteiger partial charge in [-0.05, 0) is 24.3 Å². The molecule has 0 atom stereocenters. The molecule has 1 aliphatic heterocycles. The number of rotatable bonds is 6. The minimum absolute atomic E-state index is 0.116. The first-order valence-electron chi connectivity index (χ1n) is 9.46. The number of hydrogen-bond acceptors (Lipinski definition) is 6. The van der Waals surface area contributed by atoms with Gasteiger partial charge in [0.1, 0.15) is 40.5 Å². The molecule has 0 radical (unpaired) electrons. The molecule has 2 heterocycles. The Bertz CT molecular complexity index is 1070. The largest absolute Gasteiger partial charge is 0.489 e. The molecule has 31 heavy (non-hydrogen) atoms. The van der Waals surface area contributed by atoms with Gasteiger partial charge in [0.15, 0.2) is 0 Å². The first-order valence-corrected chi connectivity index (χ1v) is 10.3. The Labute approximate surface area is 180 Å². The zero-order chi connectivity index (χ0) is 21.8. The molecule has 10 heteroatoms. The number of nitrogens with one attached hydrogen (secondary N) is 1. The average molecular weight is 449 g/mol. The predicted molar refractivity (Wildman–Crippen MR) is 108 cm³/mol. The fourth-order valence-electron chi connectivity index (χ4n) is 2.96. The Hall–Kier alpha value is -2.95. The molecule has 1 saturated heterocycles. The molecule has 0 unspecified atom stereocenters. The number of thiazole rings is 1. The zero-order valence-corrected chi connectivity index (χ0v) is 17.1. The van der Waals surface area contributed by atoms with Crippen LogP contribution in [-0.4, -0.2) is 42.2 Å². The van der Waals surface area contributed by atoms with Crippen LogP contribution in [0.3, 0.4) is 0 Å². The van der Waals surface area contributed by atoms with Crippen molar-refractivity contribution in [2.75, 3.05) is 26.3 Å². The van der Waals surface area contributed by atoms with Gasteiger partial charge in [-0.25, -0.2) is 23.2 Å². The molecule has 1 aliphatic rings. The van der Waals surface area contributed by atoms with Crippen LogP contribution in [0.5, 0.6) is 5.75 Å². The van der Waals surface area contributed by atoms with Crippen molar-refractivity contribution in [2.24, 2.45) is 0 Å². The number of aromatic nitrogens is 1. The van der Waals surface area contributed by atoms with E-state index in [-0.39, 0.29) is 35.1 Å². The summed E-state index contributed by atoms with van der Waals surface area (Å²) in [5.41, 5.74) is 2.89. The number of nitrogens with zero attached hydrogens (tertiary/aromatic N) is 2. The highest BCUT2D eigenvalue weighted by atomic mass is 32.1. The Balaban J connectivity index is 1.43. The maximum Gasteiger partial charge on any atom is 0.285 e. The second-order valence-electron chi connectivity index (χ2n) is 6.71. The van der Waals surface area contributed by atoms with Crippen molar-refractivity contribution in [3.8, 4) is 16.3 Å². The monoisotopic (exact) mass is 449 g/mol. The van der Waals surface area contributed by atoms with E-state index in [1.165, 1.54) is 18.2 Å². The van der Waals surface area contributed by atoms with Crippen LogP contribution in [0.4, 0.5) is 13.2 Å². The summed E-state index contributed by atoms with van der Waals surface area (Å²) in [5.74, 6) is -2.35. The van der Waals surface area contributed by atoms with Gasteiger partial charge in [0.2, 0.25) is 0 Å². The molecule has 2 aromatic carbocycles. The van der Waals surface area contributed by atoms with E-state index in [1.54, 1.807) is 10.4 Å². The standard InChI is InChI=1S/C21H18F3N3O3S/c22-16-2-1-3-17(23)15(16)11-30-13-4-5-14(18(24)10-13)21-25-19(12-31-21)20(28)26-27-6-8-29-9-7-27/h1-5,10,12H,6-9,11H2,(H,26,28). The van der Waals surface area contributed by atoms with Crippen molar-refractivity contribution >= 4 is 17.2 Å². The number of hydrogen-bond donors (Lipinski definition) is 1. The fourth-order valence-corrected chi connectivity index (χ4v) is 3.79. The van der Waals surface area contributed by atoms with E-state index in [1.807, 2.05) is 0 Å². The third-order valence-corrected chi connectivity index (χ3v) is 5.50. The van der Waals surface area contributed by atoms with Gasteiger partial charge in [0.05, 0.1) is 18.8 Å². The van der Waals surface area contributed by atoms with Gasteiger partial charge in [0.25, 0.3) is 5.91 Å². The topological polar surface area (TPSA) is 63.7 Å². The van der Waals surface area contributed by atoms with Gasteiger partial charge < -0.3 is 9.47 Å². The summed E-state index contributed by atoms with van der Waals surface area (Å²) in [6.45, 7) is 1.85. The van der Waals surface area contributed by atoms with Crippen LogP contribution in [0.15, 0.2) is 41.8 Å².